The van der Waals surface area contributed by atoms with Gasteiger partial charge in [0.15, 0.2) is 0 Å². The van der Waals surface area contributed by atoms with Crippen LogP contribution in [0, 0.1) is 0 Å². The molecule has 0 radical (unpaired) electrons. The molecule has 0 bridgehead atoms. The lowest BCUT2D eigenvalue weighted by Gasteiger charge is -2.36. The molecule has 1 amide bonds. The average molecular weight is 315 g/mol. The molecule has 2 aromatic rings. The van der Waals surface area contributed by atoms with Gasteiger partial charge >= 0.3 is 0 Å². The van der Waals surface area contributed by atoms with Gasteiger partial charge in [-0.2, -0.15) is 0 Å². The van der Waals surface area contributed by atoms with Gasteiger partial charge in [-0.1, -0.05) is 13.0 Å². The minimum atomic E-state index is 0.218. The monoisotopic (exact) mass is 315 g/mol. The van der Waals surface area contributed by atoms with Gasteiger partial charge in [0, 0.05) is 43.1 Å². The second-order valence-corrected chi connectivity index (χ2v) is 6.48. The summed E-state index contributed by atoms with van der Waals surface area (Å²) in [6.07, 6.45) is 6.70. The number of carbonyl (C=O) groups excluding carboxylic acids is 1. The van der Waals surface area contributed by atoms with Crippen molar-refractivity contribution in [1.29, 1.82) is 0 Å². The lowest BCUT2D eigenvalue weighted by atomic mass is 10.1. The molecule has 3 rings (SSSR count). The molecule has 0 aromatic carbocycles. The zero-order valence-corrected chi connectivity index (χ0v) is 13.6. The van der Waals surface area contributed by atoms with E-state index in [2.05, 4.69) is 34.8 Å². The Morgan fingerprint density at radius 3 is 3.05 bits per heavy atom. The Bertz CT molecular complexity index is 626. The molecule has 0 saturated heterocycles. The Morgan fingerprint density at radius 2 is 2.27 bits per heavy atom. The molecule has 116 valence electrons. The molecule has 1 unspecified atom stereocenters. The van der Waals surface area contributed by atoms with Gasteiger partial charge in [-0.3, -0.25) is 9.78 Å². The van der Waals surface area contributed by atoms with Gasteiger partial charge in [-0.25, -0.2) is 0 Å². The molecule has 0 N–H and O–H groups in total. The fraction of sp³-hybridized carbons (Fsp3) is 0.412. The van der Waals surface area contributed by atoms with Gasteiger partial charge in [0.1, 0.15) is 0 Å². The van der Waals surface area contributed by atoms with Crippen LogP contribution < -0.4 is 0 Å². The van der Waals surface area contributed by atoms with Crippen molar-refractivity contribution in [2.45, 2.75) is 31.7 Å². The fourth-order valence-corrected chi connectivity index (χ4v) is 3.86. The number of aromatic nitrogens is 2. The highest BCUT2D eigenvalue weighted by Gasteiger charge is 2.29. The number of rotatable bonds is 5. The number of pyridine rings is 1. The molecule has 0 saturated carbocycles. The smallest absolute Gasteiger partial charge is 0.233 e. The van der Waals surface area contributed by atoms with E-state index in [0.717, 1.165) is 25.3 Å². The Morgan fingerprint density at radius 1 is 1.36 bits per heavy atom. The van der Waals surface area contributed by atoms with E-state index in [-0.39, 0.29) is 11.9 Å². The summed E-state index contributed by atoms with van der Waals surface area (Å²) >= 11 is 1.67. The molecule has 3 heterocycles. The molecular weight excluding hydrogens is 294 g/mol. The Kier molecular flexibility index (Phi) is 4.83. The van der Waals surface area contributed by atoms with Gasteiger partial charge in [0.2, 0.25) is 5.91 Å². The van der Waals surface area contributed by atoms with E-state index in [1.807, 2.05) is 23.2 Å². The Labute approximate surface area is 135 Å². The number of hydrogen-bond acceptors (Lipinski definition) is 3. The third-order valence-corrected chi connectivity index (χ3v) is 5.08. The predicted molar refractivity (Wildman–Crippen MR) is 89.6 cm³/mol. The van der Waals surface area contributed by atoms with E-state index in [1.165, 1.54) is 11.3 Å². The second kappa shape index (κ2) is 7.01. The normalized spacial score (nSPS) is 17.3. The lowest BCUT2D eigenvalue weighted by Crippen LogP contribution is -2.42. The summed E-state index contributed by atoms with van der Waals surface area (Å²) in [5, 5.41) is 0. The molecule has 22 heavy (non-hydrogen) atoms. The van der Waals surface area contributed by atoms with Gasteiger partial charge in [0.05, 0.1) is 11.8 Å². The van der Waals surface area contributed by atoms with Crippen LogP contribution in [0.25, 0.3) is 0 Å². The van der Waals surface area contributed by atoms with E-state index < -0.39 is 0 Å². The first-order valence-electron chi connectivity index (χ1n) is 7.70. The summed E-state index contributed by atoms with van der Waals surface area (Å²) in [6, 6.07) is 8.41. The van der Waals surface area contributed by atoms with Crippen LogP contribution in [0.4, 0.5) is 0 Å². The summed E-state index contributed by atoms with van der Waals surface area (Å²) in [5.41, 5.74) is 2.43. The zero-order chi connectivity index (χ0) is 15.4. The maximum atomic E-state index is 12.6. The first-order chi connectivity index (χ1) is 10.8. The minimum absolute atomic E-state index is 0.218. The first kappa shape index (κ1) is 15.2. The maximum absolute atomic E-state index is 12.6. The molecule has 1 aliphatic heterocycles. The molecule has 0 aliphatic carbocycles. The van der Waals surface area contributed by atoms with Crippen molar-refractivity contribution < 1.29 is 4.79 Å². The van der Waals surface area contributed by atoms with E-state index in [9.17, 15) is 4.79 Å². The van der Waals surface area contributed by atoms with Crippen molar-refractivity contribution in [3.8, 4) is 0 Å². The van der Waals surface area contributed by atoms with Gasteiger partial charge in [-0.05, 0) is 30.2 Å². The SMILES string of the molecule is CCC1c2cccn2CCN1C(=O)CSCc1cccnc1. The van der Waals surface area contributed by atoms with Crippen molar-refractivity contribution in [3.63, 3.8) is 0 Å². The Balaban J connectivity index is 1.58. The standard InChI is InChI=1S/C17H21N3OS/c1-2-15-16-6-4-8-19(16)9-10-20(15)17(21)13-22-12-14-5-3-7-18-11-14/h3-8,11,15H,2,9-10,12-13H2,1H3. The van der Waals surface area contributed by atoms with Crippen LogP contribution in [0.15, 0.2) is 42.9 Å². The highest BCUT2D eigenvalue weighted by atomic mass is 32.2. The molecular formula is C17H21N3OS. The number of nitrogens with zero attached hydrogens (tertiary/aromatic N) is 3. The molecule has 1 atom stereocenters. The van der Waals surface area contributed by atoms with E-state index in [0.29, 0.717) is 5.75 Å². The fourth-order valence-electron chi connectivity index (χ4n) is 3.02. The summed E-state index contributed by atoms with van der Waals surface area (Å²) in [6.45, 7) is 3.86. The quantitative estimate of drug-likeness (QED) is 0.851. The van der Waals surface area contributed by atoms with Crippen molar-refractivity contribution in [2.75, 3.05) is 12.3 Å². The van der Waals surface area contributed by atoms with Crippen LogP contribution in [0.1, 0.15) is 30.6 Å². The maximum Gasteiger partial charge on any atom is 0.233 e. The van der Waals surface area contributed by atoms with Gasteiger partial charge < -0.3 is 9.47 Å². The summed E-state index contributed by atoms with van der Waals surface area (Å²) in [7, 11) is 0. The molecule has 4 nitrogen and oxygen atoms in total. The summed E-state index contributed by atoms with van der Waals surface area (Å²) < 4.78 is 2.26. The number of amides is 1. The number of hydrogen-bond donors (Lipinski definition) is 0. The Hall–Kier alpha value is -1.75. The van der Waals surface area contributed by atoms with Crippen molar-refractivity contribution in [3.05, 3.63) is 54.1 Å². The first-order valence-corrected chi connectivity index (χ1v) is 8.86. The molecule has 0 fully saturated rings. The molecule has 1 aliphatic rings. The van der Waals surface area contributed by atoms with Crippen LogP contribution in [-0.4, -0.2) is 32.7 Å². The van der Waals surface area contributed by atoms with E-state index in [1.54, 1.807) is 18.0 Å². The van der Waals surface area contributed by atoms with Crippen LogP contribution in [-0.2, 0) is 17.1 Å². The van der Waals surface area contributed by atoms with Crippen LogP contribution >= 0.6 is 11.8 Å². The lowest BCUT2D eigenvalue weighted by molar-refractivity contribution is -0.132. The third-order valence-electron chi connectivity index (χ3n) is 4.09. The van der Waals surface area contributed by atoms with Crippen molar-refractivity contribution in [1.82, 2.24) is 14.5 Å². The number of fused-ring (bicyclic) bond motifs is 1. The van der Waals surface area contributed by atoms with Crippen molar-refractivity contribution in [2.24, 2.45) is 0 Å². The molecule has 5 heteroatoms. The van der Waals surface area contributed by atoms with Gasteiger partial charge in [0.25, 0.3) is 0 Å². The highest BCUT2D eigenvalue weighted by Crippen LogP contribution is 2.29. The van der Waals surface area contributed by atoms with E-state index in [4.69, 9.17) is 0 Å². The van der Waals surface area contributed by atoms with Gasteiger partial charge in [-0.15, -0.1) is 11.8 Å². The third kappa shape index (κ3) is 3.19. The van der Waals surface area contributed by atoms with Crippen LogP contribution in [0.3, 0.4) is 0 Å². The van der Waals surface area contributed by atoms with Crippen molar-refractivity contribution >= 4 is 17.7 Å². The number of thioether (sulfide) groups is 1. The minimum Gasteiger partial charge on any atom is -0.348 e. The molecule has 2 aromatic heterocycles. The second-order valence-electron chi connectivity index (χ2n) is 5.49. The largest absolute Gasteiger partial charge is 0.348 e. The average Bonchev–Trinajstić information content (AvgIpc) is 3.03. The zero-order valence-electron chi connectivity index (χ0n) is 12.8. The highest BCUT2D eigenvalue weighted by molar-refractivity contribution is 7.99. The van der Waals surface area contributed by atoms with Crippen LogP contribution in [0.2, 0.25) is 0 Å². The summed E-state index contributed by atoms with van der Waals surface area (Å²) in [5.74, 6) is 1.61. The summed E-state index contributed by atoms with van der Waals surface area (Å²) in [4.78, 5) is 18.7. The number of carbonyl (C=O) groups is 1. The predicted octanol–water partition coefficient (Wildman–Crippen LogP) is 3.11. The van der Waals surface area contributed by atoms with Crippen LogP contribution in [0.5, 0.6) is 0 Å². The molecule has 0 spiro atoms. The topological polar surface area (TPSA) is 38.1 Å². The van der Waals surface area contributed by atoms with E-state index >= 15 is 0 Å².